The second kappa shape index (κ2) is 5.45. The van der Waals surface area contributed by atoms with Crippen LogP contribution in [0.3, 0.4) is 0 Å². The molecule has 0 bridgehead atoms. The molecule has 0 amide bonds. The lowest BCUT2D eigenvalue weighted by Gasteiger charge is -2.16. The lowest BCUT2D eigenvalue weighted by molar-refractivity contribution is 0.722. The first-order chi connectivity index (χ1) is 9.74. The third-order valence-electron chi connectivity index (χ3n) is 3.61. The number of hydrogen-bond donors (Lipinski definition) is 1. The van der Waals surface area contributed by atoms with Gasteiger partial charge in [0.05, 0.1) is 5.69 Å². The first kappa shape index (κ1) is 12.8. The van der Waals surface area contributed by atoms with Crippen LogP contribution < -0.4 is 10.9 Å². The fourth-order valence-electron chi connectivity index (χ4n) is 2.41. The van der Waals surface area contributed by atoms with Crippen molar-refractivity contribution in [3.63, 3.8) is 0 Å². The van der Waals surface area contributed by atoms with Crippen molar-refractivity contribution >= 4 is 5.95 Å². The van der Waals surface area contributed by atoms with E-state index in [4.69, 9.17) is 0 Å². The third kappa shape index (κ3) is 2.57. The molecule has 2 aromatic rings. The molecular weight excluding hydrogens is 252 g/mol. The highest BCUT2D eigenvalue weighted by Gasteiger charge is 2.17. The van der Waals surface area contributed by atoms with E-state index in [-0.39, 0.29) is 5.56 Å². The maximum atomic E-state index is 12.1. The molecule has 2 aromatic heterocycles. The minimum Gasteiger partial charge on any atom is -0.353 e. The van der Waals surface area contributed by atoms with Crippen LogP contribution in [0.4, 0.5) is 5.95 Å². The van der Waals surface area contributed by atoms with Crippen LogP contribution in [0.2, 0.25) is 0 Å². The summed E-state index contributed by atoms with van der Waals surface area (Å²) in [6.07, 6.45) is 8.91. The number of rotatable bonds is 3. The Balaban J connectivity index is 1.97. The van der Waals surface area contributed by atoms with Crippen molar-refractivity contribution in [2.75, 3.05) is 5.32 Å². The van der Waals surface area contributed by atoms with Crippen LogP contribution in [-0.4, -0.2) is 20.6 Å². The maximum Gasteiger partial charge on any atom is 0.255 e. The van der Waals surface area contributed by atoms with Crippen molar-refractivity contribution in [2.24, 2.45) is 7.05 Å². The number of anilines is 1. The van der Waals surface area contributed by atoms with Crippen LogP contribution in [0.15, 0.2) is 35.4 Å². The van der Waals surface area contributed by atoms with E-state index in [2.05, 4.69) is 21.7 Å². The molecule has 0 aliphatic heterocycles. The Kier molecular flexibility index (Phi) is 3.50. The summed E-state index contributed by atoms with van der Waals surface area (Å²) in [7, 11) is 1.74. The highest BCUT2D eigenvalue weighted by atomic mass is 16.1. The third-order valence-corrected chi connectivity index (χ3v) is 3.61. The van der Waals surface area contributed by atoms with Gasteiger partial charge >= 0.3 is 0 Å². The van der Waals surface area contributed by atoms with Crippen molar-refractivity contribution in [3.05, 3.63) is 47.4 Å². The predicted octanol–water partition coefficient (Wildman–Crippen LogP) is 2.01. The van der Waals surface area contributed by atoms with Crippen LogP contribution >= 0.6 is 0 Å². The van der Waals surface area contributed by atoms with Gasteiger partial charge in [0.25, 0.3) is 5.56 Å². The van der Waals surface area contributed by atoms with Crippen molar-refractivity contribution in [2.45, 2.75) is 25.3 Å². The molecule has 20 heavy (non-hydrogen) atoms. The van der Waals surface area contributed by atoms with E-state index in [1.165, 1.54) is 0 Å². The van der Waals surface area contributed by atoms with Crippen molar-refractivity contribution in [3.8, 4) is 11.3 Å². The standard InChI is InChI=1S/C15H17N4O/c1-19-14(20)10-13(11-6-8-16-9-7-11)18-15(19)17-12-4-2-3-5-12/h2,6-10,12H,3-5H2,1H3,(H,17,18). The Morgan fingerprint density at radius 2 is 2.15 bits per heavy atom. The van der Waals surface area contributed by atoms with Crippen LogP contribution in [-0.2, 0) is 7.05 Å². The van der Waals surface area contributed by atoms with Gasteiger partial charge in [-0.25, -0.2) is 4.98 Å². The molecule has 2 heterocycles. The van der Waals surface area contributed by atoms with Crippen LogP contribution in [0.25, 0.3) is 11.3 Å². The molecular formula is C15H17N4O. The Morgan fingerprint density at radius 3 is 2.85 bits per heavy atom. The molecule has 0 saturated heterocycles. The summed E-state index contributed by atoms with van der Waals surface area (Å²) in [5.41, 5.74) is 1.52. The number of hydrogen-bond acceptors (Lipinski definition) is 4. The predicted molar refractivity (Wildman–Crippen MR) is 78.3 cm³/mol. The first-order valence-electron chi connectivity index (χ1n) is 6.81. The summed E-state index contributed by atoms with van der Waals surface area (Å²) >= 11 is 0. The van der Waals surface area contributed by atoms with Crippen LogP contribution in [0.1, 0.15) is 19.3 Å². The van der Waals surface area contributed by atoms with Crippen LogP contribution in [0, 0.1) is 6.42 Å². The van der Waals surface area contributed by atoms with E-state index < -0.39 is 0 Å². The van der Waals surface area contributed by atoms with Gasteiger partial charge in [0, 0.05) is 37.1 Å². The lowest BCUT2D eigenvalue weighted by atomic mass is 10.2. The van der Waals surface area contributed by atoms with Gasteiger partial charge in [-0.15, -0.1) is 0 Å². The quantitative estimate of drug-likeness (QED) is 0.926. The number of nitrogens with zero attached hydrogens (tertiary/aromatic N) is 3. The average molecular weight is 269 g/mol. The van der Waals surface area contributed by atoms with Crippen molar-refractivity contribution in [1.82, 2.24) is 14.5 Å². The highest BCUT2D eigenvalue weighted by Crippen LogP contribution is 2.21. The van der Waals surface area contributed by atoms with Gasteiger partial charge in [0.1, 0.15) is 0 Å². The minimum atomic E-state index is -0.0590. The second-order valence-corrected chi connectivity index (χ2v) is 5.04. The van der Waals surface area contributed by atoms with Gasteiger partial charge in [0.2, 0.25) is 5.95 Å². The maximum absolute atomic E-state index is 12.1. The van der Waals surface area contributed by atoms with E-state index >= 15 is 0 Å². The van der Waals surface area contributed by atoms with Gasteiger partial charge in [-0.3, -0.25) is 14.3 Å². The summed E-state index contributed by atoms with van der Waals surface area (Å²) in [5, 5.41) is 3.37. The number of pyridine rings is 1. The molecule has 0 aromatic carbocycles. The smallest absolute Gasteiger partial charge is 0.255 e. The second-order valence-electron chi connectivity index (χ2n) is 5.04. The molecule has 5 nitrogen and oxygen atoms in total. The molecule has 3 rings (SSSR count). The van der Waals surface area contributed by atoms with E-state index in [1.54, 1.807) is 30.1 Å². The molecule has 1 atom stereocenters. The molecule has 5 heteroatoms. The Labute approximate surface area is 117 Å². The summed E-state index contributed by atoms with van der Waals surface area (Å²) in [6, 6.07) is 5.64. The first-order valence-corrected chi connectivity index (χ1v) is 6.81. The fraction of sp³-hybridized carbons (Fsp3) is 0.333. The summed E-state index contributed by atoms with van der Waals surface area (Å²) < 4.78 is 1.56. The van der Waals surface area contributed by atoms with Gasteiger partial charge in [0.15, 0.2) is 0 Å². The molecule has 1 aliphatic rings. The van der Waals surface area contributed by atoms with E-state index in [9.17, 15) is 4.79 Å². The van der Waals surface area contributed by atoms with E-state index in [0.717, 1.165) is 24.8 Å². The van der Waals surface area contributed by atoms with Crippen molar-refractivity contribution in [1.29, 1.82) is 0 Å². The number of aromatic nitrogens is 3. The topological polar surface area (TPSA) is 59.8 Å². The molecule has 1 radical (unpaired) electrons. The zero-order valence-electron chi connectivity index (χ0n) is 11.4. The van der Waals surface area contributed by atoms with Gasteiger partial charge < -0.3 is 5.32 Å². The summed E-state index contributed by atoms with van der Waals surface area (Å²) in [6.45, 7) is 0. The largest absolute Gasteiger partial charge is 0.353 e. The summed E-state index contributed by atoms with van der Waals surface area (Å²) in [4.78, 5) is 20.6. The van der Waals surface area contributed by atoms with Gasteiger partial charge in [-0.1, -0.05) is 0 Å². The average Bonchev–Trinajstić information content (AvgIpc) is 2.97. The van der Waals surface area contributed by atoms with Gasteiger partial charge in [-0.05, 0) is 37.8 Å². The lowest BCUT2D eigenvalue weighted by Crippen LogP contribution is -2.26. The molecule has 1 fully saturated rings. The SMILES string of the molecule is Cn1c(NC2C[CH]CC2)nc(-c2ccncc2)cc1=O. The molecule has 1 N–H and O–H groups in total. The molecule has 1 saturated carbocycles. The molecule has 1 aliphatic carbocycles. The monoisotopic (exact) mass is 269 g/mol. The Morgan fingerprint density at radius 1 is 1.35 bits per heavy atom. The molecule has 0 spiro atoms. The fourth-order valence-corrected chi connectivity index (χ4v) is 2.41. The zero-order chi connectivity index (χ0) is 13.9. The van der Waals surface area contributed by atoms with E-state index in [1.807, 2.05) is 12.1 Å². The van der Waals surface area contributed by atoms with Gasteiger partial charge in [-0.2, -0.15) is 0 Å². The number of nitrogens with one attached hydrogen (secondary N) is 1. The normalized spacial score (nSPS) is 15.4. The zero-order valence-corrected chi connectivity index (χ0v) is 11.4. The molecule has 1 unspecified atom stereocenters. The summed E-state index contributed by atoms with van der Waals surface area (Å²) in [5.74, 6) is 0.629. The molecule has 103 valence electrons. The Hall–Kier alpha value is -2.17. The van der Waals surface area contributed by atoms with Crippen LogP contribution in [0.5, 0.6) is 0 Å². The van der Waals surface area contributed by atoms with Crippen molar-refractivity contribution < 1.29 is 0 Å². The Bertz CT molecular complexity index is 645. The van der Waals surface area contributed by atoms with E-state index in [0.29, 0.717) is 17.7 Å². The minimum absolute atomic E-state index is 0.0590. The highest BCUT2D eigenvalue weighted by molar-refractivity contribution is 5.59.